The van der Waals surface area contributed by atoms with Crippen molar-refractivity contribution in [2.75, 3.05) is 0 Å². The van der Waals surface area contributed by atoms with E-state index in [4.69, 9.17) is 5.73 Å². The maximum absolute atomic E-state index is 13.6. The van der Waals surface area contributed by atoms with Crippen LogP contribution in [-0.4, -0.2) is 6.04 Å². The summed E-state index contributed by atoms with van der Waals surface area (Å²) in [6.07, 6.45) is 5.63. The van der Waals surface area contributed by atoms with Gasteiger partial charge in [0.05, 0.1) is 0 Å². The Morgan fingerprint density at radius 2 is 2.06 bits per heavy atom. The van der Waals surface area contributed by atoms with E-state index in [1.54, 1.807) is 0 Å². The van der Waals surface area contributed by atoms with Gasteiger partial charge in [-0.2, -0.15) is 0 Å². The highest BCUT2D eigenvalue weighted by Gasteiger charge is 2.22. The first kappa shape index (κ1) is 12.1. The van der Waals surface area contributed by atoms with Crippen molar-refractivity contribution in [3.05, 3.63) is 34.1 Å². The Labute approximate surface area is 104 Å². The van der Waals surface area contributed by atoms with E-state index < -0.39 is 0 Å². The summed E-state index contributed by atoms with van der Waals surface area (Å²) in [5.41, 5.74) is 6.88. The van der Waals surface area contributed by atoms with Crippen LogP contribution in [0.25, 0.3) is 0 Å². The van der Waals surface area contributed by atoms with Crippen molar-refractivity contribution in [1.29, 1.82) is 0 Å². The molecule has 16 heavy (non-hydrogen) atoms. The first-order valence-corrected chi connectivity index (χ1v) is 6.65. The van der Waals surface area contributed by atoms with Crippen LogP contribution in [0.5, 0.6) is 0 Å². The summed E-state index contributed by atoms with van der Waals surface area (Å²) < 4.78 is 14.4. The molecule has 0 heterocycles. The van der Waals surface area contributed by atoms with Gasteiger partial charge in [0.25, 0.3) is 0 Å². The predicted molar refractivity (Wildman–Crippen MR) is 67.7 cm³/mol. The van der Waals surface area contributed by atoms with Crippen molar-refractivity contribution in [3.63, 3.8) is 0 Å². The Morgan fingerprint density at radius 1 is 1.38 bits per heavy atom. The number of halogens is 2. The van der Waals surface area contributed by atoms with Crippen molar-refractivity contribution in [3.8, 4) is 0 Å². The van der Waals surface area contributed by atoms with Gasteiger partial charge in [0.2, 0.25) is 0 Å². The summed E-state index contributed by atoms with van der Waals surface area (Å²) in [5, 5.41) is 0. The van der Waals surface area contributed by atoms with Gasteiger partial charge in [-0.05, 0) is 42.9 Å². The molecule has 3 heteroatoms. The lowest BCUT2D eigenvalue weighted by Crippen LogP contribution is -2.30. The van der Waals surface area contributed by atoms with Gasteiger partial charge in [0.15, 0.2) is 0 Å². The number of rotatable bonds is 3. The molecule has 0 radical (unpaired) electrons. The monoisotopic (exact) mass is 285 g/mol. The van der Waals surface area contributed by atoms with Crippen molar-refractivity contribution in [1.82, 2.24) is 0 Å². The summed E-state index contributed by atoms with van der Waals surface area (Å²) in [4.78, 5) is 0. The Balaban J connectivity index is 2.02. The highest BCUT2D eigenvalue weighted by atomic mass is 79.9. The predicted octanol–water partition coefficient (Wildman–Crippen LogP) is 3.65. The third-order valence-electron chi connectivity index (χ3n) is 3.48. The largest absolute Gasteiger partial charge is 0.327 e. The van der Waals surface area contributed by atoms with Gasteiger partial charge >= 0.3 is 0 Å². The van der Waals surface area contributed by atoms with E-state index in [-0.39, 0.29) is 11.9 Å². The highest BCUT2D eigenvalue weighted by molar-refractivity contribution is 9.10. The lowest BCUT2D eigenvalue weighted by atomic mass is 9.93. The van der Waals surface area contributed by atoms with Crippen LogP contribution in [0, 0.1) is 11.7 Å². The SMILES string of the molecule is NC(Cc1ccc(Br)cc1F)C1CCCC1. The van der Waals surface area contributed by atoms with Gasteiger partial charge in [0.1, 0.15) is 5.82 Å². The lowest BCUT2D eigenvalue weighted by Gasteiger charge is -2.19. The molecule has 0 spiro atoms. The first-order valence-electron chi connectivity index (χ1n) is 5.86. The van der Waals surface area contributed by atoms with Crippen LogP contribution < -0.4 is 5.73 Å². The van der Waals surface area contributed by atoms with Crippen LogP contribution >= 0.6 is 15.9 Å². The summed E-state index contributed by atoms with van der Waals surface area (Å²) in [6, 6.07) is 5.32. The molecular formula is C13H17BrFN. The minimum atomic E-state index is -0.150. The maximum atomic E-state index is 13.6. The van der Waals surface area contributed by atoms with E-state index in [0.717, 1.165) is 10.0 Å². The molecule has 88 valence electrons. The molecule has 1 aromatic rings. The molecule has 1 fully saturated rings. The minimum absolute atomic E-state index is 0.109. The molecule has 0 amide bonds. The molecule has 1 aliphatic carbocycles. The molecular weight excluding hydrogens is 269 g/mol. The quantitative estimate of drug-likeness (QED) is 0.901. The zero-order valence-electron chi connectivity index (χ0n) is 9.26. The van der Waals surface area contributed by atoms with E-state index in [9.17, 15) is 4.39 Å². The zero-order valence-corrected chi connectivity index (χ0v) is 10.8. The Kier molecular flexibility index (Phi) is 3.98. The van der Waals surface area contributed by atoms with E-state index >= 15 is 0 Å². The Hall–Kier alpha value is -0.410. The molecule has 0 aromatic heterocycles. The fraction of sp³-hybridized carbons (Fsp3) is 0.538. The van der Waals surface area contributed by atoms with Crippen molar-refractivity contribution in [2.45, 2.75) is 38.1 Å². The van der Waals surface area contributed by atoms with E-state index in [1.807, 2.05) is 12.1 Å². The fourth-order valence-corrected chi connectivity index (χ4v) is 2.83. The maximum Gasteiger partial charge on any atom is 0.127 e. The van der Waals surface area contributed by atoms with Gasteiger partial charge in [-0.15, -0.1) is 0 Å². The summed E-state index contributed by atoms with van der Waals surface area (Å²) in [7, 11) is 0. The molecule has 2 rings (SSSR count). The number of hydrogen-bond donors (Lipinski definition) is 1. The third-order valence-corrected chi connectivity index (χ3v) is 3.97. The summed E-state index contributed by atoms with van der Waals surface area (Å²) >= 11 is 3.26. The second-order valence-corrected chi connectivity index (χ2v) is 5.56. The normalized spacial score (nSPS) is 18.9. The molecule has 1 atom stereocenters. The minimum Gasteiger partial charge on any atom is -0.327 e. The standard InChI is InChI=1S/C13H17BrFN/c14-11-6-5-10(12(15)8-11)7-13(16)9-3-1-2-4-9/h5-6,8-9,13H,1-4,7,16H2. The van der Waals surface area contributed by atoms with Crippen molar-refractivity contribution in [2.24, 2.45) is 11.7 Å². The van der Waals surface area contributed by atoms with Crippen LogP contribution in [-0.2, 0) is 6.42 Å². The number of benzene rings is 1. The molecule has 1 unspecified atom stereocenters. The van der Waals surface area contributed by atoms with Crippen molar-refractivity contribution < 1.29 is 4.39 Å². The molecule has 1 nitrogen and oxygen atoms in total. The van der Waals surface area contributed by atoms with Crippen LogP contribution in [0.2, 0.25) is 0 Å². The fourth-order valence-electron chi connectivity index (χ4n) is 2.49. The van der Waals surface area contributed by atoms with Crippen LogP contribution in [0.15, 0.2) is 22.7 Å². The van der Waals surface area contributed by atoms with Gasteiger partial charge in [-0.1, -0.05) is 34.8 Å². The Morgan fingerprint density at radius 3 is 2.69 bits per heavy atom. The highest BCUT2D eigenvalue weighted by Crippen LogP contribution is 2.28. The molecule has 1 aromatic carbocycles. The van der Waals surface area contributed by atoms with Gasteiger partial charge in [-0.25, -0.2) is 4.39 Å². The smallest absolute Gasteiger partial charge is 0.127 e. The van der Waals surface area contributed by atoms with Gasteiger partial charge in [-0.3, -0.25) is 0 Å². The summed E-state index contributed by atoms with van der Waals surface area (Å²) in [5.74, 6) is 0.436. The number of hydrogen-bond acceptors (Lipinski definition) is 1. The third kappa shape index (κ3) is 2.83. The molecule has 1 saturated carbocycles. The number of nitrogens with two attached hydrogens (primary N) is 1. The first-order chi connectivity index (χ1) is 7.66. The molecule has 2 N–H and O–H groups in total. The molecule has 1 aliphatic rings. The zero-order chi connectivity index (χ0) is 11.5. The average molecular weight is 286 g/mol. The van der Waals surface area contributed by atoms with Crippen molar-refractivity contribution >= 4 is 15.9 Å². The van der Waals surface area contributed by atoms with Crippen LogP contribution in [0.3, 0.4) is 0 Å². The van der Waals surface area contributed by atoms with Gasteiger partial charge < -0.3 is 5.73 Å². The summed E-state index contributed by atoms with van der Waals surface area (Å²) in [6.45, 7) is 0. The van der Waals surface area contributed by atoms with E-state index in [1.165, 1.54) is 31.7 Å². The van der Waals surface area contributed by atoms with E-state index in [2.05, 4.69) is 15.9 Å². The topological polar surface area (TPSA) is 26.0 Å². The molecule has 0 aliphatic heterocycles. The average Bonchev–Trinajstić information content (AvgIpc) is 2.75. The van der Waals surface area contributed by atoms with Gasteiger partial charge in [0, 0.05) is 10.5 Å². The lowest BCUT2D eigenvalue weighted by molar-refractivity contribution is 0.423. The second-order valence-electron chi connectivity index (χ2n) is 4.65. The van der Waals surface area contributed by atoms with Crippen LogP contribution in [0.1, 0.15) is 31.2 Å². The van der Waals surface area contributed by atoms with E-state index in [0.29, 0.717) is 12.3 Å². The molecule has 0 bridgehead atoms. The molecule has 0 saturated heterocycles. The second kappa shape index (κ2) is 5.28. The Bertz CT molecular complexity index is 361. The van der Waals surface area contributed by atoms with Crippen LogP contribution in [0.4, 0.5) is 4.39 Å².